The first-order valence-electron chi connectivity index (χ1n) is 8.12. The fraction of sp³-hybridized carbons (Fsp3) is 0.588. The van der Waals surface area contributed by atoms with Crippen LogP contribution in [0.5, 0.6) is 0 Å². The van der Waals surface area contributed by atoms with Crippen molar-refractivity contribution in [2.24, 2.45) is 5.92 Å². The lowest BCUT2D eigenvalue weighted by atomic mass is 9.99. The number of hydrogen-bond donors (Lipinski definition) is 1. The van der Waals surface area contributed by atoms with Crippen LogP contribution in [0.15, 0.2) is 18.8 Å². The van der Waals surface area contributed by atoms with Crippen molar-refractivity contribution >= 4 is 11.7 Å². The summed E-state index contributed by atoms with van der Waals surface area (Å²) in [4.78, 5) is 20.8. The van der Waals surface area contributed by atoms with Crippen LogP contribution in [0.3, 0.4) is 0 Å². The monoisotopic (exact) mass is 303 g/mol. The number of hydrogen-bond acceptors (Lipinski definition) is 4. The molecule has 5 heteroatoms. The Hall–Kier alpha value is -1.91. The van der Waals surface area contributed by atoms with E-state index in [4.69, 9.17) is 4.74 Å². The third-order valence-electron chi connectivity index (χ3n) is 3.95. The molecule has 0 saturated heterocycles. The molecular formula is C17H25N3O2. The summed E-state index contributed by atoms with van der Waals surface area (Å²) in [6.45, 7) is 6.64. The van der Waals surface area contributed by atoms with Crippen molar-refractivity contribution in [3.63, 3.8) is 0 Å². The van der Waals surface area contributed by atoms with Crippen molar-refractivity contribution in [1.29, 1.82) is 0 Å². The maximum absolute atomic E-state index is 12.2. The number of amides is 1. The molecule has 0 aromatic carbocycles. The lowest BCUT2D eigenvalue weighted by Gasteiger charge is -2.14. The minimum absolute atomic E-state index is 0.144. The SMILES string of the molecule is C=C(OCC)c1nccc(CNC(=O)C2CCCCCC2)n1. The number of rotatable bonds is 6. The molecule has 1 aromatic rings. The standard InChI is InChI=1S/C17H25N3O2/c1-3-22-13(2)16-18-11-10-15(20-16)12-19-17(21)14-8-6-4-5-7-9-14/h10-11,14H,2-9,12H2,1H3,(H,19,21). The number of nitrogens with one attached hydrogen (secondary N) is 1. The molecule has 5 nitrogen and oxygen atoms in total. The molecular weight excluding hydrogens is 278 g/mol. The average molecular weight is 303 g/mol. The van der Waals surface area contributed by atoms with Crippen LogP contribution >= 0.6 is 0 Å². The molecule has 1 saturated carbocycles. The topological polar surface area (TPSA) is 64.1 Å². The molecule has 0 unspecified atom stereocenters. The Bertz CT molecular complexity index is 508. The zero-order valence-electron chi connectivity index (χ0n) is 13.3. The first-order chi connectivity index (χ1) is 10.7. The summed E-state index contributed by atoms with van der Waals surface area (Å²) in [5.41, 5.74) is 0.771. The zero-order valence-corrected chi connectivity index (χ0v) is 13.3. The van der Waals surface area contributed by atoms with Gasteiger partial charge in [0.2, 0.25) is 5.91 Å². The van der Waals surface area contributed by atoms with Gasteiger partial charge in [-0.15, -0.1) is 0 Å². The summed E-state index contributed by atoms with van der Waals surface area (Å²) in [7, 11) is 0. The molecule has 0 atom stereocenters. The summed E-state index contributed by atoms with van der Waals surface area (Å²) in [5.74, 6) is 1.23. The summed E-state index contributed by atoms with van der Waals surface area (Å²) >= 11 is 0. The Balaban J connectivity index is 1.89. The average Bonchev–Trinajstić information content (AvgIpc) is 2.82. The van der Waals surface area contributed by atoms with Gasteiger partial charge in [0, 0.05) is 12.1 Å². The van der Waals surface area contributed by atoms with Crippen molar-refractivity contribution in [3.05, 3.63) is 30.4 Å². The highest BCUT2D eigenvalue weighted by molar-refractivity contribution is 5.78. The van der Waals surface area contributed by atoms with Gasteiger partial charge in [0.05, 0.1) is 18.8 Å². The predicted molar refractivity (Wildman–Crippen MR) is 85.7 cm³/mol. The van der Waals surface area contributed by atoms with Gasteiger partial charge in [0.15, 0.2) is 11.6 Å². The van der Waals surface area contributed by atoms with E-state index in [1.807, 2.05) is 6.92 Å². The summed E-state index contributed by atoms with van der Waals surface area (Å²) in [5, 5.41) is 2.99. The van der Waals surface area contributed by atoms with Crippen LogP contribution in [0.2, 0.25) is 0 Å². The molecule has 1 amide bonds. The molecule has 1 N–H and O–H groups in total. The van der Waals surface area contributed by atoms with Crippen molar-refractivity contribution in [3.8, 4) is 0 Å². The highest BCUT2D eigenvalue weighted by Crippen LogP contribution is 2.22. The van der Waals surface area contributed by atoms with Crippen molar-refractivity contribution in [2.75, 3.05) is 6.61 Å². The second-order valence-corrected chi connectivity index (χ2v) is 5.63. The van der Waals surface area contributed by atoms with Crippen LogP contribution < -0.4 is 5.32 Å². The number of ether oxygens (including phenoxy) is 1. The van der Waals surface area contributed by atoms with Gasteiger partial charge < -0.3 is 10.1 Å². The number of nitrogens with zero attached hydrogens (tertiary/aromatic N) is 2. The van der Waals surface area contributed by atoms with Gasteiger partial charge in [-0.05, 0) is 25.8 Å². The minimum atomic E-state index is 0.144. The van der Waals surface area contributed by atoms with E-state index >= 15 is 0 Å². The maximum atomic E-state index is 12.2. The summed E-state index contributed by atoms with van der Waals surface area (Å²) in [6.07, 6.45) is 8.48. The molecule has 0 radical (unpaired) electrons. The van der Waals surface area contributed by atoms with Crippen LogP contribution in [0, 0.1) is 5.92 Å². The van der Waals surface area contributed by atoms with Crippen molar-refractivity contribution in [2.45, 2.75) is 52.0 Å². The van der Waals surface area contributed by atoms with Crippen LogP contribution in [-0.2, 0) is 16.1 Å². The smallest absolute Gasteiger partial charge is 0.223 e. The van der Waals surface area contributed by atoms with Gasteiger partial charge in [0.1, 0.15) is 0 Å². The van der Waals surface area contributed by atoms with E-state index < -0.39 is 0 Å². The molecule has 0 bridgehead atoms. The lowest BCUT2D eigenvalue weighted by Crippen LogP contribution is -2.30. The minimum Gasteiger partial charge on any atom is -0.491 e. The molecule has 120 valence electrons. The zero-order chi connectivity index (χ0) is 15.8. The number of carbonyl (C=O) groups is 1. The molecule has 1 aromatic heterocycles. The quantitative estimate of drug-likeness (QED) is 0.648. The highest BCUT2D eigenvalue weighted by atomic mass is 16.5. The maximum Gasteiger partial charge on any atom is 0.223 e. The number of aromatic nitrogens is 2. The fourth-order valence-corrected chi connectivity index (χ4v) is 2.73. The van der Waals surface area contributed by atoms with E-state index in [2.05, 4.69) is 21.9 Å². The molecule has 22 heavy (non-hydrogen) atoms. The molecule has 1 aliphatic carbocycles. The van der Waals surface area contributed by atoms with E-state index in [1.54, 1.807) is 12.3 Å². The molecule has 0 spiro atoms. The fourth-order valence-electron chi connectivity index (χ4n) is 2.73. The van der Waals surface area contributed by atoms with E-state index in [9.17, 15) is 4.79 Å². The van der Waals surface area contributed by atoms with E-state index in [0.717, 1.165) is 31.4 Å². The van der Waals surface area contributed by atoms with Crippen LogP contribution in [0.4, 0.5) is 0 Å². The lowest BCUT2D eigenvalue weighted by molar-refractivity contribution is -0.125. The molecule has 1 heterocycles. The molecule has 0 aliphatic heterocycles. The Morgan fingerprint density at radius 2 is 2.09 bits per heavy atom. The van der Waals surface area contributed by atoms with Gasteiger partial charge in [-0.2, -0.15) is 0 Å². The van der Waals surface area contributed by atoms with Crippen molar-refractivity contribution < 1.29 is 9.53 Å². The second-order valence-electron chi connectivity index (χ2n) is 5.63. The summed E-state index contributed by atoms with van der Waals surface area (Å²) < 4.78 is 5.31. The van der Waals surface area contributed by atoms with E-state index in [-0.39, 0.29) is 11.8 Å². The Morgan fingerprint density at radius 3 is 2.77 bits per heavy atom. The van der Waals surface area contributed by atoms with Gasteiger partial charge in [0.25, 0.3) is 0 Å². The normalized spacial score (nSPS) is 15.9. The van der Waals surface area contributed by atoms with Crippen molar-refractivity contribution in [1.82, 2.24) is 15.3 Å². The Labute approximate surface area is 132 Å². The van der Waals surface area contributed by atoms with Gasteiger partial charge in [-0.1, -0.05) is 32.3 Å². The van der Waals surface area contributed by atoms with Crippen LogP contribution in [-0.4, -0.2) is 22.5 Å². The highest BCUT2D eigenvalue weighted by Gasteiger charge is 2.19. The predicted octanol–water partition coefficient (Wildman–Crippen LogP) is 3.07. The Morgan fingerprint density at radius 1 is 1.36 bits per heavy atom. The second kappa shape index (κ2) is 8.51. The van der Waals surface area contributed by atoms with Gasteiger partial charge in [-0.3, -0.25) is 4.79 Å². The molecule has 2 rings (SSSR count). The number of carbonyl (C=O) groups excluding carboxylic acids is 1. The first kappa shape index (κ1) is 16.5. The van der Waals surface area contributed by atoms with E-state index in [1.165, 1.54) is 12.8 Å². The van der Waals surface area contributed by atoms with E-state index in [0.29, 0.717) is 24.7 Å². The largest absolute Gasteiger partial charge is 0.491 e. The van der Waals surface area contributed by atoms with Crippen LogP contribution in [0.25, 0.3) is 5.76 Å². The van der Waals surface area contributed by atoms with Gasteiger partial charge in [-0.25, -0.2) is 9.97 Å². The Kier molecular flexibility index (Phi) is 6.37. The molecule has 1 aliphatic rings. The first-order valence-corrected chi connectivity index (χ1v) is 8.12. The molecule has 1 fully saturated rings. The van der Waals surface area contributed by atoms with Gasteiger partial charge >= 0.3 is 0 Å². The third kappa shape index (κ3) is 4.83. The van der Waals surface area contributed by atoms with Crippen LogP contribution in [0.1, 0.15) is 57.0 Å². The third-order valence-corrected chi connectivity index (χ3v) is 3.95. The summed E-state index contributed by atoms with van der Waals surface area (Å²) in [6, 6.07) is 1.80.